The number of phosphoric acid groups is 2. The second kappa shape index (κ2) is 85.1. The Morgan fingerprint density at radius 3 is 0.757 bits per heavy atom. The van der Waals surface area contributed by atoms with Crippen LogP contribution >= 0.6 is 15.6 Å². The van der Waals surface area contributed by atoms with Gasteiger partial charge < -0.3 is 34.2 Å². The second-order valence-corrected chi connectivity index (χ2v) is 32.6. The molecule has 0 amide bonds. The lowest BCUT2D eigenvalue weighted by Crippen LogP contribution is -2.30. The van der Waals surface area contributed by atoms with Crippen LogP contribution in [-0.2, 0) is 55.8 Å². The number of carbonyl (C=O) groups excluding carboxylic acids is 3. The maximum absolute atomic E-state index is 13.0. The van der Waals surface area contributed by atoms with E-state index in [1.807, 2.05) is 0 Å². The summed E-state index contributed by atoms with van der Waals surface area (Å²) < 4.78 is 61.4. The van der Waals surface area contributed by atoms with Crippen LogP contribution in [0.15, 0.2) is 134 Å². The second-order valence-electron chi connectivity index (χ2n) is 29.6. The Bertz CT molecular complexity index is 2550. The number of rotatable bonds is 84. The van der Waals surface area contributed by atoms with Crippen LogP contribution in [0.1, 0.15) is 380 Å². The van der Waals surface area contributed by atoms with Crippen molar-refractivity contribution in [3.05, 3.63) is 134 Å². The van der Waals surface area contributed by atoms with Crippen LogP contribution in [0.2, 0.25) is 0 Å². The molecule has 18 heteroatoms. The van der Waals surface area contributed by atoms with Crippen molar-refractivity contribution in [2.45, 2.75) is 399 Å². The van der Waals surface area contributed by atoms with Crippen molar-refractivity contribution in [1.29, 1.82) is 0 Å². The Labute approximate surface area is 677 Å². The van der Waals surface area contributed by atoms with Crippen LogP contribution < -0.4 is 0 Å². The first-order chi connectivity index (χ1) is 54.2. The summed E-state index contributed by atoms with van der Waals surface area (Å²) in [6.45, 7) is 2.51. The Kier molecular flexibility index (Phi) is 81.8. The molecule has 4 N–H and O–H groups in total. The Morgan fingerprint density at radius 2 is 0.477 bits per heavy atom. The summed E-state index contributed by atoms with van der Waals surface area (Å²) in [4.78, 5) is 58.9. The molecule has 0 spiro atoms. The molecule has 16 nitrogen and oxygen atoms in total. The molecule has 0 bridgehead atoms. The standard InChI is InChI=1S/C93H162O16P2/c1-4-7-10-13-16-19-22-25-28-30-32-34-36-38-40-42-43-45-47-48-50-52-54-56-59-61-64-67-70-73-76-79-91(96)103-82-88(94)83-105-110(99,100)106-84-89(95)85-107-111(101,102)108-87-90(109-93(98)81-78-75-72-69-66-63-58-27-24-21-18-15-12-9-6-3)86-104-92(97)80-77-74-71-68-65-62-60-57-55-53-51-49-46-44-41-39-37-35-33-31-29-26-23-20-17-14-11-8-5-2/h7-8,10-11,16-17,19-20,25-26,28-29,32-35,38-41,46,49,88-90,94-95H,4-6,9,12-15,18,21-24,27,30-31,36-37,42-45,47-48,50-87H2,1-3H3,(H,99,100)(H,101,102)/b10-7-,11-8-,19-16-,20-17-,28-25-,29-26-,34-32-,35-33-,40-38-,41-39-,49-46-. The molecule has 0 saturated carbocycles. The predicted molar refractivity (Wildman–Crippen MR) is 463 cm³/mol. The van der Waals surface area contributed by atoms with Gasteiger partial charge in [0, 0.05) is 19.3 Å². The van der Waals surface area contributed by atoms with E-state index in [0.717, 1.165) is 148 Å². The molecule has 5 unspecified atom stereocenters. The molecule has 5 atom stereocenters. The van der Waals surface area contributed by atoms with Crippen molar-refractivity contribution < 1.29 is 75.8 Å². The van der Waals surface area contributed by atoms with Crippen molar-refractivity contribution in [3.8, 4) is 0 Å². The number of phosphoric ester groups is 2. The van der Waals surface area contributed by atoms with E-state index in [1.165, 1.54) is 173 Å². The molecule has 640 valence electrons. The first-order valence-corrected chi connectivity index (χ1v) is 47.5. The smallest absolute Gasteiger partial charge is 0.463 e. The van der Waals surface area contributed by atoms with E-state index in [2.05, 4.69) is 154 Å². The minimum absolute atomic E-state index is 0.106. The van der Waals surface area contributed by atoms with Gasteiger partial charge in [-0.25, -0.2) is 9.13 Å². The number of unbranched alkanes of at least 4 members (excludes halogenated alkanes) is 39. The van der Waals surface area contributed by atoms with Gasteiger partial charge in [0.15, 0.2) is 6.10 Å². The highest BCUT2D eigenvalue weighted by Crippen LogP contribution is 2.45. The number of allylic oxidation sites excluding steroid dienone is 22. The minimum atomic E-state index is -4.93. The van der Waals surface area contributed by atoms with Gasteiger partial charge in [-0.3, -0.25) is 32.5 Å². The van der Waals surface area contributed by atoms with Crippen molar-refractivity contribution in [3.63, 3.8) is 0 Å². The maximum Gasteiger partial charge on any atom is 0.472 e. The molecule has 0 saturated heterocycles. The molecule has 0 fully saturated rings. The molecule has 0 rings (SSSR count). The molecule has 0 heterocycles. The maximum atomic E-state index is 13.0. The van der Waals surface area contributed by atoms with Crippen LogP contribution in [0.25, 0.3) is 0 Å². The number of carbonyl (C=O) groups is 3. The molecular formula is C93H162O16P2. The zero-order valence-electron chi connectivity index (χ0n) is 70.4. The molecular weight excluding hydrogens is 1430 g/mol. The van der Waals surface area contributed by atoms with Gasteiger partial charge in [-0.1, -0.05) is 379 Å². The van der Waals surface area contributed by atoms with E-state index < -0.39 is 91.5 Å². The molecule has 0 radical (unpaired) electrons. The summed E-state index contributed by atoms with van der Waals surface area (Å²) in [5.74, 6) is -1.56. The van der Waals surface area contributed by atoms with E-state index in [-0.39, 0.29) is 19.3 Å². The third-order valence-electron chi connectivity index (χ3n) is 18.9. The summed E-state index contributed by atoms with van der Waals surface area (Å²) in [5, 5.41) is 20.7. The molecule has 111 heavy (non-hydrogen) atoms. The van der Waals surface area contributed by atoms with Gasteiger partial charge in [0.05, 0.1) is 26.4 Å². The van der Waals surface area contributed by atoms with Gasteiger partial charge in [-0.05, 0) is 116 Å². The van der Waals surface area contributed by atoms with Crippen LogP contribution in [0, 0.1) is 0 Å². The van der Waals surface area contributed by atoms with E-state index in [9.17, 15) is 43.5 Å². The van der Waals surface area contributed by atoms with Crippen LogP contribution in [0.4, 0.5) is 0 Å². The quantitative estimate of drug-likeness (QED) is 0.0146. The van der Waals surface area contributed by atoms with Gasteiger partial charge in [0.2, 0.25) is 0 Å². The lowest BCUT2D eigenvalue weighted by atomic mass is 10.0. The molecule has 0 aliphatic carbocycles. The average Bonchev–Trinajstić information content (AvgIpc) is 0.971. The lowest BCUT2D eigenvalue weighted by molar-refractivity contribution is -0.161. The van der Waals surface area contributed by atoms with Crippen LogP contribution in [0.3, 0.4) is 0 Å². The molecule has 0 aromatic carbocycles. The normalized spacial score (nSPS) is 14.5. The van der Waals surface area contributed by atoms with Crippen molar-refractivity contribution in [2.24, 2.45) is 0 Å². The highest BCUT2D eigenvalue weighted by Gasteiger charge is 2.29. The highest BCUT2D eigenvalue weighted by molar-refractivity contribution is 7.47. The van der Waals surface area contributed by atoms with Crippen molar-refractivity contribution in [2.75, 3.05) is 39.6 Å². The molecule has 0 aliphatic heterocycles. The summed E-state index contributed by atoms with van der Waals surface area (Å²) in [5.41, 5.74) is 0. The lowest BCUT2D eigenvalue weighted by Gasteiger charge is -2.21. The van der Waals surface area contributed by atoms with E-state index in [1.54, 1.807) is 0 Å². The first-order valence-electron chi connectivity index (χ1n) is 44.5. The topological polar surface area (TPSA) is 231 Å². The van der Waals surface area contributed by atoms with Gasteiger partial charge >= 0.3 is 33.6 Å². The number of esters is 3. The van der Waals surface area contributed by atoms with Crippen LogP contribution in [-0.4, -0.2) is 95.9 Å². The first kappa shape index (κ1) is 107. The monoisotopic (exact) mass is 1600 g/mol. The fraction of sp³-hybridized carbons (Fsp3) is 0.731. The zero-order chi connectivity index (χ0) is 80.8. The third kappa shape index (κ3) is 86.4. The number of aliphatic hydroxyl groups is 2. The van der Waals surface area contributed by atoms with E-state index in [0.29, 0.717) is 19.3 Å². The van der Waals surface area contributed by atoms with Crippen molar-refractivity contribution in [1.82, 2.24) is 0 Å². The summed E-state index contributed by atoms with van der Waals surface area (Å²) >= 11 is 0. The van der Waals surface area contributed by atoms with E-state index in [4.69, 9.17) is 32.3 Å². The Balaban J connectivity index is 4.49. The van der Waals surface area contributed by atoms with Crippen molar-refractivity contribution >= 4 is 33.6 Å². The molecule has 0 aliphatic rings. The fourth-order valence-electron chi connectivity index (χ4n) is 12.2. The molecule has 0 aromatic rings. The largest absolute Gasteiger partial charge is 0.472 e. The predicted octanol–water partition coefficient (Wildman–Crippen LogP) is 27.0. The van der Waals surface area contributed by atoms with Gasteiger partial charge in [-0.15, -0.1) is 0 Å². The summed E-state index contributed by atoms with van der Waals surface area (Å²) in [6, 6.07) is 0. The third-order valence-corrected chi connectivity index (χ3v) is 20.8. The number of ether oxygens (including phenoxy) is 3. The van der Waals surface area contributed by atoms with Crippen LogP contribution in [0.5, 0.6) is 0 Å². The van der Waals surface area contributed by atoms with Gasteiger partial charge in [0.1, 0.15) is 25.4 Å². The van der Waals surface area contributed by atoms with Gasteiger partial charge in [0.25, 0.3) is 0 Å². The average molecular weight is 1600 g/mol. The SMILES string of the molecule is CC/C=C\C/C=C\C/C=C\C/C=C\C/C=C\C/C=C\CCCCCCCCCCCCC(=O)OCC(COP(=O)(O)OCC(O)COP(=O)(O)OCC(O)COC(=O)CCCCCCCCCCCCCCCCC/C=C\C/C=C\C/C=C\C/C=C\C/C=C\CC)OC(=O)CCCCCCCCCCCCCCCCC. The number of hydrogen-bond donors (Lipinski definition) is 4. The van der Waals surface area contributed by atoms with Gasteiger partial charge in [-0.2, -0.15) is 0 Å². The zero-order valence-corrected chi connectivity index (χ0v) is 72.1. The Morgan fingerprint density at radius 1 is 0.261 bits per heavy atom. The highest BCUT2D eigenvalue weighted by atomic mass is 31.2. The number of hydrogen-bond acceptors (Lipinski definition) is 14. The van der Waals surface area contributed by atoms with E-state index >= 15 is 0 Å². The number of aliphatic hydroxyl groups excluding tert-OH is 2. The molecule has 0 aromatic heterocycles. The fourth-order valence-corrected chi connectivity index (χ4v) is 13.8. The minimum Gasteiger partial charge on any atom is -0.463 e. The Hall–Kier alpha value is -4.31. The summed E-state index contributed by atoms with van der Waals surface area (Å²) in [7, 11) is -9.79. The summed E-state index contributed by atoms with van der Waals surface area (Å²) in [6.07, 6.45) is 105.